The molecule has 0 radical (unpaired) electrons. The number of hydrogen-bond acceptors (Lipinski definition) is 3. The summed E-state index contributed by atoms with van der Waals surface area (Å²) in [6.07, 6.45) is 0. The quantitative estimate of drug-likeness (QED) is 0.875. The lowest BCUT2D eigenvalue weighted by molar-refractivity contribution is 0.613. The minimum atomic E-state index is 0.691. The summed E-state index contributed by atoms with van der Waals surface area (Å²) in [5, 5.41) is 5.14. The summed E-state index contributed by atoms with van der Waals surface area (Å²) in [6, 6.07) is 7.61. The van der Waals surface area contributed by atoms with Crippen LogP contribution in [0.4, 0.5) is 11.4 Å². The van der Waals surface area contributed by atoms with Crippen LogP contribution in [0.5, 0.6) is 0 Å². The van der Waals surface area contributed by atoms with E-state index < -0.39 is 0 Å². The van der Waals surface area contributed by atoms with Gasteiger partial charge in [0.05, 0.1) is 29.3 Å². The lowest BCUT2D eigenvalue weighted by Gasteiger charge is -2.21. The molecule has 102 valence electrons. The monoisotopic (exact) mass is 278 g/mol. The Morgan fingerprint density at radius 3 is 2.79 bits per heavy atom. The second-order valence-corrected chi connectivity index (χ2v) is 5.09. The highest BCUT2D eigenvalue weighted by Crippen LogP contribution is 2.27. The fourth-order valence-corrected chi connectivity index (χ4v) is 2.34. The molecule has 0 aliphatic carbocycles. The number of nitrogens with zero attached hydrogens (tertiary/aromatic N) is 3. The van der Waals surface area contributed by atoms with E-state index in [9.17, 15) is 0 Å². The predicted octanol–water partition coefficient (Wildman–Crippen LogP) is 3.08. The minimum absolute atomic E-state index is 0.691. The normalized spacial score (nSPS) is 10.7. The van der Waals surface area contributed by atoms with Gasteiger partial charge in [0.2, 0.25) is 0 Å². The van der Waals surface area contributed by atoms with Crippen molar-refractivity contribution in [1.29, 1.82) is 0 Å². The largest absolute Gasteiger partial charge is 0.397 e. The molecule has 0 atom stereocenters. The third kappa shape index (κ3) is 3.01. The van der Waals surface area contributed by atoms with E-state index in [1.165, 1.54) is 5.69 Å². The standard InChI is InChI=1S/C14H19ClN4/c1-4-19-12(7-10(2)17-19)9-18(3)14-8-11(15)5-6-13(14)16/h5-8H,4,9,16H2,1-3H3. The van der Waals surface area contributed by atoms with E-state index in [1.807, 2.05) is 30.8 Å². The Bertz CT molecular complexity index is 577. The zero-order valence-electron chi connectivity index (χ0n) is 11.5. The first kappa shape index (κ1) is 13.7. The molecule has 1 heterocycles. The number of anilines is 2. The van der Waals surface area contributed by atoms with E-state index in [0.29, 0.717) is 5.02 Å². The summed E-state index contributed by atoms with van der Waals surface area (Å²) < 4.78 is 2.01. The second-order valence-electron chi connectivity index (χ2n) is 4.65. The maximum atomic E-state index is 6.03. The molecular formula is C14H19ClN4. The molecule has 1 aromatic heterocycles. The second kappa shape index (κ2) is 5.53. The molecule has 0 aliphatic heterocycles. The van der Waals surface area contributed by atoms with Gasteiger partial charge in [0, 0.05) is 18.6 Å². The van der Waals surface area contributed by atoms with E-state index in [4.69, 9.17) is 17.3 Å². The molecule has 0 fully saturated rings. The van der Waals surface area contributed by atoms with Crippen LogP contribution in [0.15, 0.2) is 24.3 Å². The Hall–Kier alpha value is -1.68. The highest BCUT2D eigenvalue weighted by atomic mass is 35.5. The van der Waals surface area contributed by atoms with Crippen LogP contribution in [-0.2, 0) is 13.1 Å². The van der Waals surface area contributed by atoms with Gasteiger partial charge in [-0.3, -0.25) is 4.68 Å². The first-order chi connectivity index (χ1) is 9.01. The van der Waals surface area contributed by atoms with E-state index in [-0.39, 0.29) is 0 Å². The van der Waals surface area contributed by atoms with Crippen molar-refractivity contribution < 1.29 is 0 Å². The van der Waals surface area contributed by atoms with Crippen molar-refractivity contribution >= 4 is 23.0 Å². The van der Waals surface area contributed by atoms with Crippen LogP contribution in [0.25, 0.3) is 0 Å². The summed E-state index contributed by atoms with van der Waals surface area (Å²) in [5.74, 6) is 0. The third-order valence-corrected chi connectivity index (χ3v) is 3.32. The van der Waals surface area contributed by atoms with Gasteiger partial charge in [-0.2, -0.15) is 5.10 Å². The van der Waals surface area contributed by atoms with Crippen LogP contribution < -0.4 is 10.6 Å². The first-order valence-electron chi connectivity index (χ1n) is 6.30. The van der Waals surface area contributed by atoms with Crippen molar-refractivity contribution in [2.75, 3.05) is 17.7 Å². The van der Waals surface area contributed by atoms with Crippen LogP contribution in [-0.4, -0.2) is 16.8 Å². The van der Waals surface area contributed by atoms with Crippen LogP contribution >= 0.6 is 11.6 Å². The van der Waals surface area contributed by atoms with Crippen molar-refractivity contribution in [3.05, 3.63) is 40.7 Å². The Morgan fingerprint density at radius 2 is 2.11 bits per heavy atom. The van der Waals surface area contributed by atoms with Crippen molar-refractivity contribution in [2.45, 2.75) is 26.9 Å². The molecule has 2 aromatic rings. The van der Waals surface area contributed by atoms with Gasteiger partial charge in [-0.05, 0) is 38.1 Å². The molecule has 0 aliphatic rings. The number of benzene rings is 1. The maximum absolute atomic E-state index is 6.03. The Morgan fingerprint density at radius 1 is 1.37 bits per heavy atom. The summed E-state index contributed by atoms with van der Waals surface area (Å²) in [5.41, 5.74) is 9.86. The fourth-order valence-electron chi connectivity index (χ4n) is 2.18. The average Bonchev–Trinajstić information content (AvgIpc) is 2.72. The van der Waals surface area contributed by atoms with Gasteiger partial charge < -0.3 is 10.6 Å². The lowest BCUT2D eigenvalue weighted by atomic mass is 10.2. The number of rotatable bonds is 4. The number of nitrogen functional groups attached to an aromatic ring is 1. The van der Waals surface area contributed by atoms with Gasteiger partial charge in [-0.25, -0.2) is 0 Å². The number of hydrogen-bond donors (Lipinski definition) is 1. The lowest BCUT2D eigenvalue weighted by Crippen LogP contribution is -2.20. The first-order valence-corrected chi connectivity index (χ1v) is 6.68. The topological polar surface area (TPSA) is 47.1 Å². The molecule has 0 bridgehead atoms. The van der Waals surface area contributed by atoms with E-state index in [0.717, 1.165) is 30.2 Å². The summed E-state index contributed by atoms with van der Waals surface area (Å²) in [4.78, 5) is 2.09. The SMILES string of the molecule is CCn1nc(C)cc1CN(C)c1cc(Cl)ccc1N. The molecule has 2 rings (SSSR count). The summed E-state index contributed by atoms with van der Waals surface area (Å²) in [7, 11) is 2.00. The van der Waals surface area contributed by atoms with Gasteiger partial charge in [-0.15, -0.1) is 0 Å². The van der Waals surface area contributed by atoms with Crippen molar-refractivity contribution in [2.24, 2.45) is 0 Å². The van der Waals surface area contributed by atoms with Crippen molar-refractivity contribution in [3.63, 3.8) is 0 Å². The number of halogens is 1. The molecule has 1 aromatic carbocycles. The molecule has 2 N–H and O–H groups in total. The van der Waals surface area contributed by atoms with Crippen molar-refractivity contribution in [3.8, 4) is 0 Å². The van der Waals surface area contributed by atoms with Gasteiger partial charge in [0.25, 0.3) is 0 Å². The molecule has 0 saturated carbocycles. The Kier molecular flexibility index (Phi) is 4.00. The highest BCUT2D eigenvalue weighted by Gasteiger charge is 2.10. The zero-order valence-corrected chi connectivity index (χ0v) is 12.3. The van der Waals surface area contributed by atoms with Gasteiger partial charge in [0.1, 0.15) is 0 Å². The molecule has 19 heavy (non-hydrogen) atoms. The zero-order chi connectivity index (χ0) is 14.0. The van der Waals surface area contributed by atoms with Gasteiger partial charge in [-0.1, -0.05) is 11.6 Å². The van der Waals surface area contributed by atoms with E-state index >= 15 is 0 Å². The van der Waals surface area contributed by atoms with Crippen LogP contribution in [0.3, 0.4) is 0 Å². The number of aryl methyl sites for hydroxylation is 2. The number of nitrogens with two attached hydrogens (primary N) is 1. The smallest absolute Gasteiger partial charge is 0.0615 e. The predicted molar refractivity (Wildman–Crippen MR) is 80.6 cm³/mol. The molecular weight excluding hydrogens is 260 g/mol. The van der Waals surface area contributed by atoms with Gasteiger partial charge in [0.15, 0.2) is 0 Å². The molecule has 0 unspecified atom stereocenters. The highest BCUT2D eigenvalue weighted by molar-refractivity contribution is 6.31. The van der Waals surface area contributed by atoms with Crippen LogP contribution in [0, 0.1) is 6.92 Å². The minimum Gasteiger partial charge on any atom is -0.397 e. The summed E-state index contributed by atoms with van der Waals surface area (Å²) in [6.45, 7) is 5.70. The third-order valence-electron chi connectivity index (χ3n) is 3.09. The van der Waals surface area contributed by atoms with E-state index in [1.54, 1.807) is 6.07 Å². The Balaban J connectivity index is 2.25. The van der Waals surface area contributed by atoms with Crippen molar-refractivity contribution in [1.82, 2.24) is 9.78 Å². The van der Waals surface area contributed by atoms with Gasteiger partial charge >= 0.3 is 0 Å². The Labute approximate surface area is 118 Å². The fraction of sp³-hybridized carbons (Fsp3) is 0.357. The van der Waals surface area contributed by atoms with Crippen LogP contribution in [0.1, 0.15) is 18.3 Å². The van der Waals surface area contributed by atoms with E-state index in [2.05, 4.69) is 23.0 Å². The average molecular weight is 279 g/mol. The molecule has 0 amide bonds. The molecule has 5 heteroatoms. The number of aromatic nitrogens is 2. The molecule has 0 saturated heterocycles. The molecule has 4 nitrogen and oxygen atoms in total. The maximum Gasteiger partial charge on any atom is 0.0615 e. The molecule has 0 spiro atoms. The summed E-state index contributed by atoms with van der Waals surface area (Å²) >= 11 is 6.03. The van der Waals surface area contributed by atoms with Crippen LogP contribution in [0.2, 0.25) is 5.02 Å².